The number of hydrogen-bond acceptors (Lipinski definition) is 3. The molecule has 3 heteroatoms. The summed E-state index contributed by atoms with van der Waals surface area (Å²) in [6, 6.07) is 16.1. The van der Waals surface area contributed by atoms with Crippen LogP contribution in [0.15, 0.2) is 48.5 Å². The number of anilines is 2. The minimum absolute atomic E-state index is 0.462. The van der Waals surface area contributed by atoms with E-state index in [1.165, 1.54) is 5.56 Å². The maximum Gasteiger partial charge on any atom is 0.122 e. The summed E-state index contributed by atoms with van der Waals surface area (Å²) in [6.45, 7) is 5.78. The summed E-state index contributed by atoms with van der Waals surface area (Å²) in [5.74, 6) is 1.44. The monoisotopic (exact) mass is 284 g/mol. The van der Waals surface area contributed by atoms with Crippen LogP contribution >= 0.6 is 0 Å². The van der Waals surface area contributed by atoms with Crippen molar-refractivity contribution in [1.29, 1.82) is 0 Å². The molecule has 2 aromatic rings. The average Bonchev–Trinajstić information content (AvgIpc) is 2.48. The SMILES string of the molecule is CC(C)c1ccccc1OCCN(C)c1ccccc1N. The first kappa shape index (κ1) is 15.2. The molecule has 0 amide bonds. The topological polar surface area (TPSA) is 38.5 Å². The fourth-order valence-electron chi connectivity index (χ4n) is 2.34. The predicted octanol–water partition coefficient (Wildman–Crippen LogP) is 3.91. The van der Waals surface area contributed by atoms with Gasteiger partial charge >= 0.3 is 0 Å². The molecular formula is C18H24N2O. The summed E-state index contributed by atoms with van der Waals surface area (Å²) >= 11 is 0. The lowest BCUT2D eigenvalue weighted by Crippen LogP contribution is -2.24. The minimum Gasteiger partial charge on any atom is -0.491 e. The Hall–Kier alpha value is -2.16. The van der Waals surface area contributed by atoms with Crippen LogP contribution in [-0.2, 0) is 0 Å². The van der Waals surface area contributed by atoms with Gasteiger partial charge in [0.2, 0.25) is 0 Å². The number of nitrogens with zero attached hydrogens (tertiary/aromatic N) is 1. The Morgan fingerprint density at radius 3 is 2.43 bits per heavy atom. The standard InChI is InChI=1S/C18H24N2O/c1-14(2)15-8-4-7-11-18(15)21-13-12-20(3)17-10-6-5-9-16(17)19/h4-11,14H,12-13,19H2,1-3H3. The van der Waals surface area contributed by atoms with Crippen LogP contribution in [0.25, 0.3) is 0 Å². The Morgan fingerprint density at radius 2 is 1.71 bits per heavy atom. The molecule has 21 heavy (non-hydrogen) atoms. The summed E-state index contributed by atoms with van der Waals surface area (Å²) < 4.78 is 5.95. The molecular weight excluding hydrogens is 260 g/mol. The van der Waals surface area contributed by atoms with Crippen molar-refractivity contribution < 1.29 is 4.74 Å². The van der Waals surface area contributed by atoms with Crippen LogP contribution in [0.5, 0.6) is 5.75 Å². The van der Waals surface area contributed by atoms with Crippen LogP contribution in [0, 0.1) is 0 Å². The highest BCUT2D eigenvalue weighted by atomic mass is 16.5. The average molecular weight is 284 g/mol. The third-order valence-corrected chi connectivity index (χ3v) is 3.57. The van der Waals surface area contributed by atoms with Crippen LogP contribution in [0.3, 0.4) is 0 Å². The van der Waals surface area contributed by atoms with Crippen molar-refractivity contribution in [3.05, 3.63) is 54.1 Å². The lowest BCUT2D eigenvalue weighted by Gasteiger charge is -2.22. The number of nitrogens with two attached hydrogens (primary N) is 1. The number of para-hydroxylation sites is 3. The highest BCUT2D eigenvalue weighted by molar-refractivity contribution is 5.66. The van der Waals surface area contributed by atoms with Gasteiger partial charge in [0.05, 0.1) is 17.9 Å². The molecule has 0 atom stereocenters. The molecule has 0 saturated heterocycles. The van der Waals surface area contributed by atoms with Crippen molar-refractivity contribution in [3.8, 4) is 5.75 Å². The molecule has 0 aromatic heterocycles. The maximum absolute atomic E-state index is 5.99. The van der Waals surface area contributed by atoms with Crippen LogP contribution in [0.2, 0.25) is 0 Å². The van der Waals surface area contributed by atoms with E-state index in [2.05, 4.69) is 30.9 Å². The fraction of sp³-hybridized carbons (Fsp3) is 0.333. The minimum atomic E-state index is 0.462. The van der Waals surface area contributed by atoms with Gasteiger partial charge in [-0.2, -0.15) is 0 Å². The van der Waals surface area contributed by atoms with E-state index in [1.54, 1.807) is 0 Å². The number of rotatable bonds is 6. The second kappa shape index (κ2) is 7.02. The highest BCUT2D eigenvalue weighted by Crippen LogP contribution is 2.26. The summed E-state index contributed by atoms with van der Waals surface area (Å²) in [4.78, 5) is 2.12. The molecule has 0 aliphatic heterocycles. The molecule has 0 heterocycles. The molecule has 2 rings (SSSR count). The Labute approximate surface area is 127 Å². The van der Waals surface area contributed by atoms with Crippen molar-refractivity contribution in [2.45, 2.75) is 19.8 Å². The summed E-state index contributed by atoms with van der Waals surface area (Å²) in [5.41, 5.74) is 9.07. The fourth-order valence-corrected chi connectivity index (χ4v) is 2.34. The van der Waals surface area contributed by atoms with E-state index in [9.17, 15) is 0 Å². The third-order valence-electron chi connectivity index (χ3n) is 3.57. The molecule has 0 aliphatic carbocycles. The van der Waals surface area contributed by atoms with Gasteiger partial charge in [0.1, 0.15) is 12.4 Å². The van der Waals surface area contributed by atoms with Crippen LogP contribution < -0.4 is 15.4 Å². The van der Waals surface area contributed by atoms with Crippen molar-refractivity contribution in [3.63, 3.8) is 0 Å². The van der Waals surface area contributed by atoms with Gasteiger partial charge in [-0.15, -0.1) is 0 Å². The van der Waals surface area contributed by atoms with Gasteiger partial charge in [0.15, 0.2) is 0 Å². The highest BCUT2D eigenvalue weighted by Gasteiger charge is 2.08. The zero-order valence-electron chi connectivity index (χ0n) is 13.0. The number of ether oxygens (including phenoxy) is 1. The van der Waals surface area contributed by atoms with E-state index in [-0.39, 0.29) is 0 Å². The third kappa shape index (κ3) is 3.91. The van der Waals surface area contributed by atoms with Crippen LogP contribution in [0.1, 0.15) is 25.3 Å². The molecule has 0 fully saturated rings. The lowest BCUT2D eigenvalue weighted by molar-refractivity contribution is 0.321. The molecule has 3 nitrogen and oxygen atoms in total. The van der Waals surface area contributed by atoms with Gasteiger partial charge in [-0.1, -0.05) is 44.2 Å². The van der Waals surface area contributed by atoms with Crippen molar-refractivity contribution in [2.24, 2.45) is 0 Å². The molecule has 2 aromatic carbocycles. The lowest BCUT2D eigenvalue weighted by atomic mass is 10.0. The van der Waals surface area contributed by atoms with Crippen molar-refractivity contribution in [1.82, 2.24) is 0 Å². The first-order valence-corrected chi connectivity index (χ1v) is 7.37. The van der Waals surface area contributed by atoms with Crippen LogP contribution in [0.4, 0.5) is 11.4 Å². The van der Waals surface area contributed by atoms with E-state index in [0.717, 1.165) is 23.7 Å². The van der Waals surface area contributed by atoms with Crippen molar-refractivity contribution >= 4 is 11.4 Å². The normalized spacial score (nSPS) is 10.7. The smallest absolute Gasteiger partial charge is 0.122 e. The first-order chi connectivity index (χ1) is 10.1. The Morgan fingerprint density at radius 1 is 1.05 bits per heavy atom. The molecule has 0 aliphatic rings. The summed E-state index contributed by atoms with van der Waals surface area (Å²) in [6.07, 6.45) is 0. The number of likely N-dealkylation sites (N-methyl/N-ethyl adjacent to an activating group) is 1. The van der Waals surface area contributed by atoms with E-state index in [0.29, 0.717) is 12.5 Å². The van der Waals surface area contributed by atoms with E-state index in [1.807, 2.05) is 43.4 Å². The Balaban J connectivity index is 1.95. The molecule has 0 saturated carbocycles. The molecule has 2 N–H and O–H groups in total. The first-order valence-electron chi connectivity index (χ1n) is 7.37. The maximum atomic E-state index is 5.99. The molecule has 0 spiro atoms. The zero-order chi connectivity index (χ0) is 15.2. The number of benzene rings is 2. The zero-order valence-corrected chi connectivity index (χ0v) is 13.0. The van der Waals surface area contributed by atoms with Crippen molar-refractivity contribution in [2.75, 3.05) is 30.8 Å². The predicted molar refractivity (Wildman–Crippen MR) is 90.2 cm³/mol. The second-order valence-electron chi connectivity index (χ2n) is 5.52. The van der Waals surface area contributed by atoms with Gasteiger partial charge in [0, 0.05) is 7.05 Å². The van der Waals surface area contributed by atoms with Gasteiger partial charge in [0.25, 0.3) is 0 Å². The van der Waals surface area contributed by atoms with Gasteiger partial charge in [-0.3, -0.25) is 0 Å². The number of nitrogen functional groups attached to an aromatic ring is 1. The molecule has 0 unspecified atom stereocenters. The molecule has 0 radical (unpaired) electrons. The summed E-state index contributed by atoms with van der Waals surface area (Å²) in [7, 11) is 2.03. The second-order valence-corrected chi connectivity index (χ2v) is 5.52. The Bertz CT molecular complexity index is 581. The largest absolute Gasteiger partial charge is 0.491 e. The quantitative estimate of drug-likeness (QED) is 0.817. The van der Waals surface area contributed by atoms with Crippen LogP contribution in [-0.4, -0.2) is 20.2 Å². The van der Waals surface area contributed by atoms with Gasteiger partial charge in [-0.25, -0.2) is 0 Å². The van der Waals surface area contributed by atoms with E-state index >= 15 is 0 Å². The van der Waals surface area contributed by atoms with E-state index < -0.39 is 0 Å². The van der Waals surface area contributed by atoms with E-state index in [4.69, 9.17) is 10.5 Å². The van der Waals surface area contributed by atoms with Gasteiger partial charge < -0.3 is 15.4 Å². The Kier molecular flexibility index (Phi) is 5.09. The molecule has 0 bridgehead atoms. The summed E-state index contributed by atoms with van der Waals surface area (Å²) in [5, 5.41) is 0. The number of hydrogen-bond donors (Lipinski definition) is 1. The molecule has 112 valence electrons. The van der Waals surface area contributed by atoms with Gasteiger partial charge in [-0.05, 0) is 29.7 Å².